The van der Waals surface area contributed by atoms with Crippen molar-refractivity contribution in [1.29, 1.82) is 0 Å². The molecule has 0 fully saturated rings. The van der Waals surface area contributed by atoms with E-state index in [2.05, 4.69) is 11.4 Å². The van der Waals surface area contributed by atoms with E-state index in [4.69, 9.17) is 16.3 Å². The second-order valence-electron chi connectivity index (χ2n) is 5.35. The minimum atomic E-state index is -0.507. The third-order valence-electron chi connectivity index (χ3n) is 3.44. The van der Waals surface area contributed by atoms with Crippen molar-refractivity contribution >= 4 is 23.9 Å². The molecule has 0 bridgehead atoms. The Kier molecular flexibility index (Phi) is 12.7. The third kappa shape index (κ3) is 9.31. The molecule has 0 saturated heterocycles. The Morgan fingerprint density at radius 3 is 2.41 bits per heavy atom. The van der Waals surface area contributed by atoms with Crippen LogP contribution >= 0.6 is 11.6 Å². The Balaban J connectivity index is 0.000000488. The lowest BCUT2D eigenvalue weighted by Crippen LogP contribution is -2.36. The van der Waals surface area contributed by atoms with E-state index in [1.54, 1.807) is 7.05 Å². The number of likely N-dealkylation sites (N-methyl/N-ethyl adjacent to an activating group) is 1. The number of nitrogens with one attached hydrogen (secondary N) is 1. The molecular weight excluding hydrogens is 369 g/mol. The van der Waals surface area contributed by atoms with E-state index in [1.807, 2.05) is 39.0 Å². The van der Waals surface area contributed by atoms with Gasteiger partial charge in [0.25, 0.3) is 0 Å². The Bertz CT molecular complexity index is 722. The average Bonchev–Trinajstić information content (AvgIpc) is 2.69. The molecular formula is C21H27ClFNO3. The summed E-state index contributed by atoms with van der Waals surface area (Å²) in [7, 11) is 3.17. The van der Waals surface area contributed by atoms with Gasteiger partial charge in [0.1, 0.15) is 18.1 Å². The van der Waals surface area contributed by atoms with E-state index in [0.717, 1.165) is 11.6 Å². The van der Waals surface area contributed by atoms with Crippen LogP contribution in [0, 0.1) is 12.7 Å². The van der Waals surface area contributed by atoms with Crippen LogP contribution in [0.1, 0.15) is 35.3 Å². The number of benzene rings is 2. The highest BCUT2D eigenvalue weighted by Crippen LogP contribution is 2.14. The molecule has 6 heteroatoms. The van der Waals surface area contributed by atoms with Gasteiger partial charge in [-0.1, -0.05) is 55.3 Å². The van der Waals surface area contributed by atoms with Crippen LogP contribution in [0.3, 0.4) is 0 Å². The summed E-state index contributed by atoms with van der Waals surface area (Å²) in [6.45, 7) is 6.04. The number of hydrogen-bond donors (Lipinski definition) is 1. The number of ether oxygens (including phenoxy) is 1. The summed E-state index contributed by atoms with van der Waals surface area (Å²) in [6.07, 6.45) is 1.27. The summed E-state index contributed by atoms with van der Waals surface area (Å²) in [5.41, 5.74) is 2.72. The fraction of sp³-hybridized carbons (Fsp3) is 0.333. The molecule has 27 heavy (non-hydrogen) atoms. The van der Waals surface area contributed by atoms with Crippen LogP contribution in [0.5, 0.6) is 0 Å². The first-order valence-corrected chi connectivity index (χ1v) is 9.00. The number of methoxy groups -OCH3 is 1. The number of hydrogen-bond acceptors (Lipinski definition) is 4. The van der Waals surface area contributed by atoms with Gasteiger partial charge in [-0.25, -0.2) is 4.39 Å². The molecule has 1 unspecified atom stereocenters. The van der Waals surface area contributed by atoms with Crippen molar-refractivity contribution in [3.8, 4) is 0 Å². The lowest BCUT2D eigenvalue weighted by atomic mass is 10.0. The van der Waals surface area contributed by atoms with E-state index in [9.17, 15) is 14.0 Å². The van der Waals surface area contributed by atoms with Gasteiger partial charge in [0.05, 0.1) is 12.1 Å². The maximum atomic E-state index is 12.4. The van der Waals surface area contributed by atoms with Crippen molar-refractivity contribution in [2.24, 2.45) is 0 Å². The SMILES string of the molecule is CC.CNC(Cc1cccc(C)c1)C(=O)OC.O=Cc1ccc(F)c(Cl)c1. The molecule has 1 N–H and O–H groups in total. The molecule has 0 heterocycles. The molecule has 0 aromatic heterocycles. The summed E-state index contributed by atoms with van der Waals surface area (Å²) >= 11 is 5.36. The minimum absolute atomic E-state index is 0.0235. The molecule has 4 nitrogen and oxygen atoms in total. The van der Waals surface area contributed by atoms with Gasteiger partial charge >= 0.3 is 5.97 Å². The Morgan fingerprint density at radius 2 is 1.93 bits per heavy atom. The molecule has 148 valence electrons. The number of esters is 1. The van der Waals surface area contributed by atoms with Crippen LogP contribution in [0.25, 0.3) is 0 Å². The highest BCUT2D eigenvalue weighted by molar-refractivity contribution is 6.31. The van der Waals surface area contributed by atoms with Gasteiger partial charge in [0.15, 0.2) is 0 Å². The summed E-state index contributed by atoms with van der Waals surface area (Å²) in [6, 6.07) is 11.7. The lowest BCUT2D eigenvalue weighted by molar-refractivity contribution is -0.142. The quantitative estimate of drug-likeness (QED) is 0.593. The first-order valence-electron chi connectivity index (χ1n) is 8.62. The van der Waals surface area contributed by atoms with E-state index >= 15 is 0 Å². The zero-order chi connectivity index (χ0) is 20.8. The van der Waals surface area contributed by atoms with Gasteiger partial charge in [0.2, 0.25) is 0 Å². The van der Waals surface area contributed by atoms with Gasteiger partial charge in [-0.05, 0) is 44.2 Å². The van der Waals surface area contributed by atoms with E-state index in [0.29, 0.717) is 18.3 Å². The van der Waals surface area contributed by atoms with Gasteiger partial charge in [0, 0.05) is 5.56 Å². The van der Waals surface area contributed by atoms with Crippen molar-refractivity contribution in [2.45, 2.75) is 33.2 Å². The normalized spacial score (nSPS) is 10.5. The number of halogens is 2. The predicted molar refractivity (Wildman–Crippen MR) is 108 cm³/mol. The number of carbonyl (C=O) groups excluding carboxylic acids is 2. The highest BCUT2D eigenvalue weighted by Gasteiger charge is 2.16. The second kappa shape index (κ2) is 13.9. The molecule has 0 aliphatic rings. The third-order valence-corrected chi connectivity index (χ3v) is 3.73. The Labute approximate surface area is 165 Å². The summed E-state index contributed by atoms with van der Waals surface area (Å²) in [5.74, 6) is -0.730. The predicted octanol–water partition coefficient (Wildman–Crippen LogP) is 4.62. The Morgan fingerprint density at radius 1 is 1.26 bits per heavy atom. The van der Waals surface area contributed by atoms with Crippen LogP contribution in [-0.4, -0.2) is 32.5 Å². The molecule has 0 saturated carbocycles. The van der Waals surface area contributed by atoms with Crippen LogP contribution in [0.15, 0.2) is 42.5 Å². The zero-order valence-corrected chi connectivity index (χ0v) is 17.1. The minimum Gasteiger partial charge on any atom is -0.468 e. The maximum Gasteiger partial charge on any atom is 0.323 e. The largest absolute Gasteiger partial charge is 0.468 e. The highest BCUT2D eigenvalue weighted by atomic mass is 35.5. The second-order valence-corrected chi connectivity index (χ2v) is 5.76. The summed E-state index contributed by atoms with van der Waals surface area (Å²) in [4.78, 5) is 21.4. The number of carbonyl (C=O) groups is 2. The number of rotatable bonds is 5. The van der Waals surface area contributed by atoms with Crippen LogP contribution in [-0.2, 0) is 16.0 Å². The summed E-state index contributed by atoms with van der Waals surface area (Å²) < 4.78 is 17.1. The number of aldehydes is 1. The molecule has 1 atom stereocenters. The first kappa shape index (κ1) is 24.8. The molecule has 0 amide bonds. The number of aryl methyl sites for hydroxylation is 1. The molecule has 2 rings (SSSR count). The molecule has 0 aliphatic carbocycles. The van der Waals surface area contributed by atoms with Gasteiger partial charge in [-0.3, -0.25) is 9.59 Å². The topological polar surface area (TPSA) is 55.4 Å². The van der Waals surface area contributed by atoms with Crippen molar-refractivity contribution in [1.82, 2.24) is 5.32 Å². The standard InChI is InChI=1S/C12H17NO2.C7H4ClFO.C2H6/c1-9-5-4-6-10(7-9)8-11(13-2)12(14)15-3;8-6-3-5(4-10)1-2-7(6)9;1-2/h4-7,11,13H,8H2,1-3H3;1-4H;1-2H3. The van der Waals surface area contributed by atoms with Crippen LogP contribution in [0.4, 0.5) is 4.39 Å². The first-order chi connectivity index (χ1) is 12.9. The fourth-order valence-corrected chi connectivity index (χ4v) is 2.29. The average molecular weight is 396 g/mol. The van der Waals surface area contributed by atoms with E-state index in [-0.39, 0.29) is 17.0 Å². The molecule has 0 radical (unpaired) electrons. The van der Waals surface area contributed by atoms with Crippen LogP contribution in [0.2, 0.25) is 5.02 Å². The van der Waals surface area contributed by atoms with E-state index in [1.165, 1.54) is 24.8 Å². The van der Waals surface area contributed by atoms with Crippen LogP contribution < -0.4 is 5.32 Å². The van der Waals surface area contributed by atoms with Crippen molar-refractivity contribution in [2.75, 3.05) is 14.2 Å². The van der Waals surface area contributed by atoms with Gasteiger partial charge in [-0.15, -0.1) is 0 Å². The molecule has 2 aromatic rings. The molecule has 2 aromatic carbocycles. The smallest absolute Gasteiger partial charge is 0.323 e. The van der Waals surface area contributed by atoms with Gasteiger partial charge < -0.3 is 10.1 Å². The van der Waals surface area contributed by atoms with E-state index < -0.39 is 5.82 Å². The molecule has 0 aliphatic heterocycles. The molecule has 0 spiro atoms. The fourth-order valence-electron chi connectivity index (χ4n) is 2.11. The maximum absolute atomic E-state index is 12.4. The zero-order valence-electron chi connectivity index (χ0n) is 16.4. The van der Waals surface area contributed by atoms with Crippen molar-refractivity contribution in [3.05, 3.63) is 70.0 Å². The van der Waals surface area contributed by atoms with Gasteiger partial charge in [-0.2, -0.15) is 0 Å². The Hall–Kier alpha value is -2.24. The van der Waals surface area contributed by atoms with Crippen molar-refractivity contribution < 1.29 is 18.7 Å². The lowest BCUT2D eigenvalue weighted by Gasteiger charge is -2.13. The monoisotopic (exact) mass is 395 g/mol. The summed E-state index contributed by atoms with van der Waals surface area (Å²) in [5, 5.41) is 2.92. The van der Waals surface area contributed by atoms with Crippen molar-refractivity contribution in [3.63, 3.8) is 0 Å².